The summed E-state index contributed by atoms with van der Waals surface area (Å²) in [5, 5.41) is 6.82. The molecule has 0 fully saturated rings. The van der Waals surface area contributed by atoms with Gasteiger partial charge in [0.15, 0.2) is 16.6 Å². The quantitative estimate of drug-likeness (QED) is 0.860. The molecule has 2 atom stereocenters. The van der Waals surface area contributed by atoms with E-state index in [-0.39, 0.29) is 17.1 Å². The summed E-state index contributed by atoms with van der Waals surface area (Å²) in [4.78, 5) is 0. The van der Waals surface area contributed by atoms with E-state index in [1.807, 2.05) is 30.3 Å². The second-order valence-corrected chi connectivity index (χ2v) is 6.62. The van der Waals surface area contributed by atoms with E-state index in [1.54, 1.807) is 19.2 Å². The Balaban J connectivity index is 1.81. The molecular weight excluding hydrogens is 334 g/mol. The molecule has 0 amide bonds. The van der Waals surface area contributed by atoms with Crippen LogP contribution in [0, 0.1) is 5.92 Å². The van der Waals surface area contributed by atoms with Crippen molar-refractivity contribution in [2.45, 2.75) is 12.5 Å². The summed E-state index contributed by atoms with van der Waals surface area (Å²) in [6, 6.07) is 14.3. The largest absolute Gasteiger partial charge is 0.493 e. The van der Waals surface area contributed by atoms with Gasteiger partial charge in [0, 0.05) is 11.5 Å². The third-order valence-electron chi connectivity index (χ3n) is 4.90. The Morgan fingerprint density at radius 2 is 1.84 bits per heavy atom. The minimum Gasteiger partial charge on any atom is -0.493 e. The van der Waals surface area contributed by atoms with Crippen LogP contribution in [0.1, 0.15) is 22.7 Å². The van der Waals surface area contributed by atoms with Gasteiger partial charge < -0.3 is 15.2 Å². The Bertz CT molecular complexity index is 866. The van der Waals surface area contributed by atoms with Crippen molar-refractivity contribution in [2.75, 3.05) is 14.2 Å². The number of hydrogen-bond donors (Lipinski definition) is 1. The fourth-order valence-electron chi connectivity index (χ4n) is 3.81. The van der Waals surface area contributed by atoms with E-state index < -0.39 is 0 Å². The van der Waals surface area contributed by atoms with Crippen LogP contribution in [0.15, 0.2) is 47.6 Å². The Labute approximate surface area is 152 Å². The molecule has 4 rings (SSSR count). The van der Waals surface area contributed by atoms with Gasteiger partial charge in [-0.2, -0.15) is 5.10 Å². The SMILES string of the molecule is COc1cc2c(cc1OC)C1=NN(C(N)=S)C(c3ccccc3)C1C2. The van der Waals surface area contributed by atoms with Crippen molar-refractivity contribution < 1.29 is 9.47 Å². The van der Waals surface area contributed by atoms with Gasteiger partial charge in [-0.25, -0.2) is 5.01 Å². The van der Waals surface area contributed by atoms with Gasteiger partial charge in [0.1, 0.15) is 0 Å². The zero-order chi connectivity index (χ0) is 17.6. The molecule has 0 saturated carbocycles. The third kappa shape index (κ3) is 2.44. The van der Waals surface area contributed by atoms with E-state index in [1.165, 1.54) is 5.56 Å². The van der Waals surface area contributed by atoms with Crippen molar-refractivity contribution in [3.63, 3.8) is 0 Å². The number of rotatable bonds is 3. The molecule has 0 saturated heterocycles. The molecule has 1 aliphatic heterocycles. The summed E-state index contributed by atoms with van der Waals surface area (Å²) >= 11 is 5.25. The summed E-state index contributed by atoms with van der Waals surface area (Å²) in [6.07, 6.45) is 0.868. The fraction of sp³-hybridized carbons (Fsp3) is 0.263. The van der Waals surface area contributed by atoms with Crippen molar-refractivity contribution in [3.8, 4) is 11.5 Å². The van der Waals surface area contributed by atoms with Crippen LogP contribution < -0.4 is 15.2 Å². The molecule has 0 bridgehead atoms. The van der Waals surface area contributed by atoms with Crippen LogP contribution in [0.4, 0.5) is 0 Å². The fourth-order valence-corrected chi connectivity index (χ4v) is 3.96. The van der Waals surface area contributed by atoms with E-state index in [0.29, 0.717) is 5.75 Å². The standard InChI is InChI=1S/C19H19N3O2S/c1-23-15-9-12-8-14-17(13(12)10-16(15)24-2)21-22(19(20)25)18(14)11-6-4-3-5-7-11/h3-7,9-10,14,18H,8H2,1-2H3,(H2,20,25). The van der Waals surface area contributed by atoms with Crippen LogP contribution in [0.5, 0.6) is 11.5 Å². The van der Waals surface area contributed by atoms with Crippen LogP contribution >= 0.6 is 12.2 Å². The van der Waals surface area contributed by atoms with Gasteiger partial charge in [-0.1, -0.05) is 30.3 Å². The molecule has 128 valence electrons. The first-order valence-corrected chi connectivity index (χ1v) is 8.52. The van der Waals surface area contributed by atoms with Crippen LogP contribution in [0.25, 0.3) is 0 Å². The van der Waals surface area contributed by atoms with Crippen molar-refractivity contribution in [1.82, 2.24) is 5.01 Å². The molecule has 6 heteroatoms. The van der Waals surface area contributed by atoms with Gasteiger partial charge in [-0.05, 0) is 41.9 Å². The van der Waals surface area contributed by atoms with Crippen molar-refractivity contribution >= 4 is 23.0 Å². The Kier molecular flexibility index (Phi) is 3.84. The number of hydrogen-bond acceptors (Lipinski definition) is 4. The molecule has 25 heavy (non-hydrogen) atoms. The number of fused-ring (bicyclic) bond motifs is 3. The molecular formula is C19H19N3O2S. The maximum Gasteiger partial charge on any atom is 0.187 e. The summed E-state index contributed by atoms with van der Waals surface area (Å²) < 4.78 is 10.9. The Morgan fingerprint density at radius 3 is 2.48 bits per heavy atom. The zero-order valence-corrected chi connectivity index (χ0v) is 14.9. The number of hydrazone groups is 1. The number of methoxy groups -OCH3 is 2. The predicted molar refractivity (Wildman–Crippen MR) is 101 cm³/mol. The molecule has 1 heterocycles. The van der Waals surface area contributed by atoms with Gasteiger partial charge in [-0.15, -0.1) is 0 Å². The van der Waals surface area contributed by atoms with E-state index in [2.05, 4.69) is 12.1 Å². The molecule has 2 unspecified atom stereocenters. The topological polar surface area (TPSA) is 60.1 Å². The van der Waals surface area contributed by atoms with Crippen molar-refractivity contribution in [3.05, 3.63) is 59.2 Å². The molecule has 0 spiro atoms. The van der Waals surface area contributed by atoms with Gasteiger partial charge in [-0.3, -0.25) is 0 Å². The lowest BCUT2D eigenvalue weighted by Crippen LogP contribution is -2.34. The van der Waals surface area contributed by atoms with E-state index in [9.17, 15) is 0 Å². The molecule has 2 N–H and O–H groups in total. The summed E-state index contributed by atoms with van der Waals surface area (Å²) in [5.41, 5.74) is 10.4. The highest BCUT2D eigenvalue weighted by Gasteiger charge is 2.44. The smallest absolute Gasteiger partial charge is 0.187 e. The average Bonchev–Trinajstić information content (AvgIpc) is 3.16. The first-order chi connectivity index (χ1) is 12.1. The zero-order valence-electron chi connectivity index (χ0n) is 14.1. The molecule has 0 aromatic heterocycles. The van der Waals surface area contributed by atoms with Crippen LogP contribution in [0.2, 0.25) is 0 Å². The minimum atomic E-state index is 0.0121. The second-order valence-electron chi connectivity index (χ2n) is 6.20. The summed E-state index contributed by atoms with van der Waals surface area (Å²) in [7, 11) is 3.29. The van der Waals surface area contributed by atoms with Gasteiger partial charge in [0.2, 0.25) is 0 Å². The second kappa shape index (κ2) is 6.04. The van der Waals surface area contributed by atoms with E-state index in [4.69, 9.17) is 32.5 Å². The van der Waals surface area contributed by atoms with E-state index >= 15 is 0 Å². The maximum absolute atomic E-state index is 5.96. The van der Waals surface area contributed by atoms with Crippen LogP contribution in [-0.2, 0) is 6.42 Å². The van der Waals surface area contributed by atoms with Crippen molar-refractivity contribution in [1.29, 1.82) is 0 Å². The average molecular weight is 353 g/mol. The Hall–Kier alpha value is -2.60. The molecule has 0 radical (unpaired) electrons. The molecule has 1 aliphatic carbocycles. The highest BCUT2D eigenvalue weighted by Crippen LogP contribution is 2.46. The summed E-state index contributed by atoms with van der Waals surface area (Å²) in [6.45, 7) is 0. The maximum atomic E-state index is 5.96. The monoisotopic (exact) mass is 353 g/mol. The normalized spacial score (nSPS) is 20.7. The van der Waals surface area contributed by atoms with Crippen molar-refractivity contribution in [2.24, 2.45) is 16.8 Å². The van der Waals surface area contributed by atoms with Gasteiger partial charge >= 0.3 is 0 Å². The highest BCUT2D eigenvalue weighted by atomic mass is 32.1. The lowest BCUT2D eigenvalue weighted by atomic mass is 9.90. The van der Waals surface area contributed by atoms with Crippen LogP contribution in [0.3, 0.4) is 0 Å². The lowest BCUT2D eigenvalue weighted by molar-refractivity contribution is 0.318. The number of nitrogens with zero attached hydrogens (tertiary/aromatic N) is 2. The van der Waals surface area contributed by atoms with E-state index in [0.717, 1.165) is 29.0 Å². The number of thiocarbonyl (C=S) groups is 1. The van der Waals surface area contributed by atoms with Gasteiger partial charge in [0.05, 0.1) is 26.0 Å². The number of benzene rings is 2. The molecule has 5 nitrogen and oxygen atoms in total. The first kappa shape index (κ1) is 15.9. The minimum absolute atomic E-state index is 0.0121. The molecule has 2 aromatic carbocycles. The number of ether oxygens (including phenoxy) is 2. The van der Waals surface area contributed by atoms with Gasteiger partial charge in [0.25, 0.3) is 0 Å². The van der Waals surface area contributed by atoms with Crippen LogP contribution in [-0.4, -0.2) is 30.1 Å². The lowest BCUT2D eigenvalue weighted by Gasteiger charge is -2.26. The number of nitrogens with two attached hydrogens (primary N) is 1. The molecule has 2 aliphatic rings. The predicted octanol–water partition coefficient (Wildman–Crippen LogP) is 2.88. The first-order valence-electron chi connectivity index (χ1n) is 8.11. The molecule has 2 aromatic rings. The third-order valence-corrected chi connectivity index (χ3v) is 5.09. The Morgan fingerprint density at radius 1 is 1.16 bits per heavy atom. The highest BCUT2D eigenvalue weighted by molar-refractivity contribution is 7.80. The summed E-state index contributed by atoms with van der Waals surface area (Å²) in [5.74, 6) is 1.65.